The maximum absolute atomic E-state index is 11.5. The molecule has 0 unspecified atom stereocenters. The van der Waals surface area contributed by atoms with E-state index in [0.29, 0.717) is 32.6 Å². The molecule has 0 radical (unpaired) electrons. The quantitative estimate of drug-likeness (QED) is 0.664. The maximum Gasteiger partial charge on any atom is 0.407 e. The van der Waals surface area contributed by atoms with E-state index in [4.69, 9.17) is 5.11 Å². The molecule has 2 fully saturated rings. The lowest BCUT2D eigenvalue weighted by Gasteiger charge is -2.34. The lowest BCUT2D eigenvalue weighted by Crippen LogP contribution is -2.48. The number of halogens is 2. The SMILES string of the molecule is Cn1cc(-c2cc3c(N4CCN(C(=O)O)CC4)ccnc3[nH]2)cn1.FC1(F)CCC1. The van der Waals surface area contributed by atoms with Crippen LogP contribution in [-0.4, -0.2) is 67.9 Å². The number of carboxylic acid groups (broad SMARTS) is 1. The van der Waals surface area contributed by atoms with E-state index < -0.39 is 12.0 Å². The van der Waals surface area contributed by atoms with Crippen molar-refractivity contribution < 1.29 is 18.7 Å². The summed E-state index contributed by atoms with van der Waals surface area (Å²) >= 11 is 0. The third kappa shape index (κ3) is 4.22. The first kappa shape index (κ1) is 20.1. The molecule has 1 saturated heterocycles. The molecule has 1 amide bonds. The summed E-state index contributed by atoms with van der Waals surface area (Å²) in [5.74, 6) is -2.28. The van der Waals surface area contributed by atoms with Gasteiger partial charge in [0, 0.05) is 75.1 Å². The van der Waals surface area contributed by atoms with Gasteiger partial charge in [-0.2, -0.15) is 5.10 Å². The van der Waals surface area contributed by atoms with Crippen molar-refractivity contribution in [3.8, 4) is 11.3 Å². The largest absolute Gasteiger partial charge is 0.465 e. The fraction of sp³-hybridized carbons (Fsp3) is 0.450. The van der Waals surface area contributed by atoms with E-state index in [1.807, 2.05) is 25.5 Å². The van der Waals surface area contributed by atoms with Crippen molar-refractivity contribution in [1.29, 1.82) is 0 Å². The topological polar surface area (TPSA) is 90.3 Å². The molecule has 10 heteroatoms. The number of amides is 1. The number of rotatable bonds is 2. The van der Waals surface area contributed by atoms with Crippen LogP contribution in [0, 0.1) is 0 Å². The van der Waals surface area contributed by atoms with Gasteiger partial charge in [0.25, 0.3) is 0 Å². The molecular weight excluding hydrogens is 394 g/mol. The molecule has 160 valence electrons. The fourth-order valence-electron chi connectivity index (χ4n) is 3.59. The van der Waals surface area contributed by atoms with Crippen LogP contribution in [0.15, 0.2) is 30.7 Å². The van der Waals surface area contributed by atoms with E-state index in [2.05, 4.69) is 26.0 Å². The van der Waals surface area contributed by atoms with Crippen molar-refractivity contribution in [2.24, 2.45) is 7.05 Å². The molecule has 2 aliphatic rings. The molecule has 0 atom stereocenters. The number of nitrogens with one attached hydrogen (secondary N) is 1. The smallest absolute Gasteiger partial charge is 0.407 e. The highest BCUT2D eigenvalue weighted by Crippen LogP contribution is 2.36. The van der Waals surface area contributed by atoms with Gasteiger partial charge in [-0.1, -0.05) is 0 Å². The van der Waals surface area contributed by atoms with Crippen molar-refractivity contribution in [2.75, 3.05) is 31.1 Å². The second-order valence-electron chi connectivity index (χ2n) is 7.64. The molecule has 4 heterocycles. The lowest BCUT2D eigenvalue weighted by atomic mass is 9.95. The van der Waals surface area contributed by atoms with Gasteiger partial charge < -0.3 is 19.9 Å². The summed E-state index contributed by atoms with van der Waals surface area (Å²) in [5, 5.41) is 14.3. The van der Waals surface area contributed by atoms with Crippen LogP contribution in [0.2, 0.25) is 0 Å². The Kier molecular flexibility index (Phi) is 5.31. The highest BCUT2D eigenvalue weighted by molar-refractivity contribution is 5.93. The fourth-order valence-corrected chi connectivity index (χ4v) is 3.59. The Morgan fingerprint density at radius 2 is 1.93 bits per heavy atom. The number of aryl methyl sites for hydroxylation is 1. The van der Waals surface area contributed by atoms with E-state index in [0.717, 1.165) is 28.0 Å². The highest BCUT2D eigenvalue weighted by atomic mass is 19.3. The zero-order chi connectivity index (χ0) is 21.3. The number of nitrogens with zero attached hydrogens (tertiary/aromatic N) is 5. The van der Waals surface area contributed by atoms with Crippen LogP contribution in [0.5, 0.6) is 0 Å². The molecule has 1 saturated carbocycles. The Morgan fingerprint density at radius 3 is 2.47 bits per heavy atom. The molecule has 0 spiro atoms. The highest BCUT2D eigenvalue weighted by Gasteiger charge is 2.36. The summed E-state index contributed by atoms with van der Waals surface area (Å²) in [4.78, 5) is 22.5. The van der Waals surface area contributed by atoms with E-state index >= 15 is 0 Å². The molecular formula is C20H24F2N6O2. The lowest BCUT2D eigenvalue weighted by molar-refractivity contribution is -0.0717. The number of aromatic amines is 1. The molecule has 3 aromatic heterocycles. The third-order valence-corrected chi connectivity index (χ3v) is 5.50. The summed E-state index contributed by atoms with van der Waals surface area (Å²) in [6.07, 6.45) is 5.65. The van der Waals surface area contributed by atoms with Crippen molar-refractivity contribution >= 4 is 22.8 Å². The first-order valence-corrected chi connectivity index (χ1v) is 9.90. The predicted octanol–water partition coefficient (Wildman–Crippen LogP) is 3.57. The number of piperazine rings is 1. The number of aromatic nitrogens is 4. The summed E-state index contributed by atoms with van der Waals surface area (Å²) in [6.45, 7) is 2.38. The normalized spacial score (nSPS) is 18.0. The molecule has 8 nitrogen and oxygen atoms in total. The Bertz CT molecular complexity index is 1030. The van der Waals surface area contributed by atoms with Gasteiger partial charge in [0.15, 0.2) is 0 Å². The third-order valence-electron chi connectivity index (χ3n) is 5.50. The monoisotopic (exact) mass is 418 g/mol. The number of anilines is 1. The molecule has 0 bridgehead atoms. The van der Waals surface area contributed by atoms with Gasteiger partial charge in [-0.3, -0.25) is 4.68 Å². The number of hydrogen-bond donors (Lipinski definition) is 2. The van der Waals surface area contributed by atoms with Gasteiger partial charge in [0.2, 0.25) is 5.92 Å². The molecule has 5 rings (SSSR count). The van der Waals surface area contributed by atoms with Crippen molar-refractivity contribution in [3.05, 3.63) is 30.7 Å². The van der Waals surface area contributed by atoms with Crippen LogP contribution >= 0.6 is 0 Å². The van der Waals surface area contributed by atoms with Crippen LogP contribution < -0.4 is 4.90 Å². The van der Waals surface area contributed by atoms with Crippen molar-refractivity contribution in [3.63, 3.8) is 0 Å². The molecule has 1 aliphatic carbocycles. The van der Waals surface area contributed by atoms with Gasteiger partial charge in [0.1, 0.15) is 5.65 Å². The minimum atomic E-state index is -2.28. The first-order chi connectivity index (χ1) is 14.3. The maximum atomic E-state index is 11.5. The average Bonchev–Trinajstić information content (AvgIpc) is 3.33. The summed E-state index contributed by atoms with van der Waals surface area (Å²) in [5.41, 5.74) is 3.89. The second kappa shape index (κ2) is 7.92. The van der Waals surface area contributed by atoms with E-state index in [9.17, 15) is 13.6 Å². The predicted molar refractivity (Wildman–Crippen MR) is 109 cm³/mol. The van der Waals surface area contributed by atoms with E-state index in [1.165, 1.54) is 4.90 Å². The minimum absolute atomic E-state index is 0.118. The summed E-state index contributed by atoms with van der Waals surface area (Å²) in [7, 11) is 1.89. The number of carbonyl (C=O) groups is 1. The number of fused-ring (bicyclic) bond motifs is 1. The van der Waals surface area contributed by atoms with Crippen LogP contribution in [0.3, 0.4) is 0 Å². The Labute approximate surface area is 172 Å². The molecule has 30 heavy (non-hydrogen) atoms. The van der Waals surface area contributed by atoms with Gasteiger partial charge >= 0.3 is 6.09 Å². The molecule has 1 aliphatic heterocycles. The van der Waals surface area contributed by atoms with Crippen LogP contribution in [0.4, 0.5) is 19.3 Å². The Morgan fingerprint density at radius 1 is 1.23 bits per heavy atom. The number of hydrogen-bond acceptors (Lipinski definition) is 4. The zero-order valence-corrected chi connectivity index (χ0v) is 16.7. The van der Waals surface area contributed by atoms with Crippen molar-refractivity contribution in [2.45, 2.75) is 25.2 Å². The Balaban J connectivity index is 0.000000313. The zero-order valence-electron chi connectivity index (χ0n) is 16.7. The molecule has 0 aromatic carbocycles. The van der Waals surface area contributed by atoms with Gasteiger partial charge in [-0.25, -0.2) is 18.6 Å². The molecule has 3 aromatic rings. The molecule has 2 N–H and O–H groups in total. The number of pyridine rings is 1. The average molecular weight is 418 g/mol. The summed E-state index contributed by atoms with van der Waals surface area (Å²) in [6, 6.07) is 4.07. The van der Waals surface area contributed by atoms with E-state index in [-0.39, 0.29) is 12.8 Å². The number of alkyl halides is 2. The van der Waals surface area contributed by atoms with Crippen molar-refractivity contribution in [1.82, 2.24) is 24.6 Å². The minimum Gasteiger partial charge on any atom is -0.465 e. The van der Waals surface area contributed by atoms with E-state index in [1.54, 1.807) is 10.9 Å². The number of H-pyrrole nitrogens is 1. The van der Waals surface area contributed by atoms with Crippen LogP contribution in [-0.2, 0) is 7.05 Å². The van der Waals surface area contributed by atoms with Crippen LogP contribution in [0.25, 0.3) is 22.3 Å². The van der Waals surface area contributed by atoms with Gasteiger partial charge in [-0.05, 0) is 18.6 Å². The summed E-state index contributed by atoms with van der Waals surface area (Å²) < 4.78 is 24.8. The van der Waals surface area contributed by atoms with Crippen LogP contribution in [0.1, 0.15) is 19.3 Å². The van der Waals surface area contributed by atoms with Gasteiger partial charge in [-0.15, -0.1) is 0 Å². The first-order valence-electron chi connectivity index (χ1n) is 9.90. The second-order valence-corrected chi connectivity index (χ2v) is 7.64. The Hall–Kier alpha value is -3.17. The van der Waals surface area contributed by atoms with Gasteiger partial charge in [0.05, 0.1) is 11.9 Å². The standard InChI is InChI=1S/C16H18N6O2.C4H6F2/c1-20-10-11(9-18-20)13-8-12-14(2-3-17-15(12)19-13)21-4-6-22(7-5-21)16(23)24;5-4(6)2-1-3-4/h2-3,8-10H,4-7H2,1H3,(H,17,19)(H,23,24);1-3H2.